The van der Waals surface area contributed by atoms with Crippen LogP contribution in [0.3, 0.4) is 0 Å². The quantitative estimate of drug-likeness (QED) is 0.869. The van der Waals surface area contributed by atoms with Gasteiger partial charge in [0, 0.05) is 38.3 Å². The zero-order valence-corrected chi connectivity index (χ0v) is 14.2. The maximum absolute atomic E-state index is 12.6. The fourth-order valence-electron chi connectivity index (χ4n) is 3.25. The lowest BCUT2D eigenvalue weighted by Crippen LogP contribution is -2.28. The zero-order valence-electron chi connectivity index (χ0n) is 14.2. The van der Waals surface area contributed by atoms with Gasteiger partial charge in [-0.1, -0.05) is 19.0 Å². The minimum Gasteiger partial charge on any atom is -0.351 e. The van der Waals surface area contributed by atoms with Crippen LogP contribution >= 0.6 is 0 Å². The maximum Gasteiger partial charge on any atom is 0.292 e. The SMILES string of the molecule is Cc1cn(C)c([C@@H]2CCN(C(=O)c3cc(CC(C)C)no3)C2)n1. The van der Waals surface area contributed by atoms with Crippen molar-refractivity contribution >= 4 is 5.91 Å². The molecule has 1 saturated heterocycles. The maximum atomic E-state index is 12.6. The summed E-state index contributed by atoms with van der Waals surface area (Å²) in [7, 11) is 2.01. The third-order valence-corrected chi connectivity index (χ3v) is 4.26. The van der Waals surface area contributed by atoms with Crippen molar-refractivity contribution in [2.45, 2.75) is 39.5 Å². The summed E-state index contributed by atoms with van der Waals surface area (Å²) in [6, 6.07) is 1.78. The smallest absolute Gasteiger partial charge is 0.292 e. The minimum absolute atomic E-state index is 0.0686. The molecule has 23 heavy (non-hydrogen) atoms. The number of carbonyl (C=O) groups is 1. The third-order valence-electron chi connectivity index (χ3n) is 4.26. The van der Waals surface area contributed by atoms with Crippen molar-refractivity contribution in [3.8, 4) is 0 Å². The Bertz CT molecular complexity index is 701. The highest BCUT2D eigenvalue weighted by Crippen LogP contribution is 2.27. The van der Waals surface area contributed by atoms with Crippen LogP contribution in [0.15, 0.2) is 16.8 Å². The van der Waals surface area contributed by atoms with Crippen LogP contribution in [0.1, 0.15) is 54.0 Å². The number of hydrogen-bond donors (Lipinski definition) is 0. The molecule has 3 heterocycles. The second-order valence-corrected chi connectivity index (χ2v) is 6.87. The van der Waals surface area contributed by atoms with Crippen LogP contribution in [-0.2, 0) is 13.5 Å². The summed E-state index contributed by atoms with van der Waals surface area (Å²) in [5, 5.41) is 4.00. The predicted molar refractivity (Wildman–Crippen MR) is 86.3 cm³/mol. The van der Waals surface area contributed by atoms with Crippen molar-refractivity contribution < 1.29 is 9.32 Å². The van der Waals surface area contributed by atoms with Gasteiger partial charge < -0.3 is 14.0 Å². The van der Waals surface area contributed by atoms with Gasteiger partial charge in [0.05, 0.1) is 11.4 Å². The predicted octanol–water partition coefficient (Wildman–Crippen LogP) is 2.54. The van der Waals surface area contributed by atoms with Crippen molar-refractivity contribution in [1.29, 1.82) is 0 Å². The zero-order chi connectivity index (χ0) is 16.6. The van der Waals surface area contributed by atoms with Gasteiger partial charge in [-0.25, -0.2) is 4.98 Å². The van der Waals surface area contributed by atoms with E-state index in [2.05, 4.69) is 28.6 Å². The summed E-state index contributed by atoms with van der Waals surface area (Å²) in [6.45, 7) is 7.65. The van der Waals surface area contributed by atoms with E-state index in [1.54, 1.807) is 6.07 Å². The Kier molecular flexibility index (Phi) is 4.24. The molecule has 0 radical (unpaired) electrons. The summed E-state index contributed by atoms with van der Waals surface area (Å²) in [6.07, 6.45) is 3.78. The highest BCUT2D eigenvalue weighted by atomic mass is 16.5. The number of aryl methyl sites for hydroxylation is 2. The van der Waals surface area contributed by atoms with Crippen LogP contribution < -0.4 is 0 Å². The van der Waals surface area contributed by atoms with Crippen LogP contribution in [-0.4, -0.2) is 38.6 Å². The third kappa shape index (κ3) is 3.30. The molecule has 0 N–H and O–H groups in total. The molecule has 2 aromatic heterocycles. The normalized spacial score (nSPS) is 18.1. The van der Waals surface area contributed by atoms with Gasteiger partial charge in [-0.05, 0) is 25.7 Å². The minimum atomic E-state index is -0.0686. The Morgan fingerprint density at radius 1 is 1.48 bits per heavy atom. The Morgan fingerprint density at radius 3 is 2.91 bits per heavy atom. The molecule has 1 atom stereocenters. The van der Waals surface area contributed by atoms with E-state index in [-0.39, 0.29) is 11.8 Å². The van der Waals surface area contributed by atoms with E-state index in [0.717, 1.165) is 36.6 Å². The topological polar surface area (TPSA) is 64.2 Å². The largest absolute Gasteiger partial charge is 0.351 e. The Labute approximate surface area is 136 Å². The van der Waals surface area contributed by atoms with Crippen molar-refractivity contribution in [3.63, 3.8) is 0 Å². The van der Waals surface area contributed by atoms with Crippen molar-refractivity contribution in [1.82, 2.24) is 19.6 Å². The lowest BCUT2D eigenvalue weighted by molar-refractivity contribution is 0.0749. The van der Waals surface area contributed by atoms with Crippen molar-refractivity contribution in [3.05, 3.63) is 35.2 Å². The molecule has 124 valence electrons. The summed E-state index contributed by atoms with van der Waals surface area (Å²) in [5.74, 6) is 2.11. The summed E-state index contributed by atoms with van der Waals surface area (Å²) < 4.78 is 7.31. The molecule has 1 aliphatic rings. The average molecular weight is 316 g/mol. The summed E-state index contributed by atoms with van der Waals surface area (Å²) in [5.41, 5.74) is 1.86. The molecule has 1 amide bonds. The molecule has 2 aromatic rings. The Balaban J connectivity index is 1.67. The summed E-state index contributed by atoms with van der Waals surface area (Å²) >= 11 is 0. The molecule has 6 nitrogen and oxygen atoms in total. The molecule has 6 heteroatoms. The second-order valence-electron chi connectivity index (χ2n) is 6.87. The van der Waals surface area contributed by atoms with E-state index < -0.39 is 0 Å². The molecular formula is C17H24N4O2. The Hall–Kier alpha value is -2.11. The lowest BCUT2D eigenvalue weighted by atomic mass is 10.1. The molecule has 0 aliphatic carbocycles. The standard InChI is InChI=1S/C17H24N4O2/c1-11(2)7-14-8-15(23-19-14)17(22)21-6-5-13(10-21)16-18-12(3)9-20(16)4/h8-9,11,13H,5-7,10H2,1-4H3/t13-/m1/s1. The van der Waals surface area contributed by atoms with Crippen LogP contribution in [0, 0.1) is 12.8 Å². The highest BCUT2D eigenvalue weighted by Gasteiger charge is 2.32. The number of nitrogens with zero attached hydrogens (tertiary/aromatic N) is 4. The van der Waals surface area contributed by atoms with Crippen LogP contribution in [0.4, 0.5) is 0 Å². The van der Waals surface area contributed by atoms with E-state index in [4.69, 9.17) is 4.52 Å². The lowest BCUT2D eigenvalue weighted by Gasteiger charge is -2.14. The second kappa shape index (κ2) is 6.18. The van der Waals surface area contributed by atoms with E-state index in [0.29, 0.717) is 18.2 Å². The number of hydrogen-bond acceptors (Lipinski definition) is 4. The van der Waals surface area contributed by atoms with Gasteiger partial charge in [-0.15, -0.1) is 0 Å². The molecule has 0 saturated carbocycles. The number of carbonyl (C=O) groups excluding carboxylic acids is 1. The number of amides is 1. The van der Waals surface area contributed by atoms with Crippen LogP contribution in [0.2, 0.25) is 0 Å². The van der Waals surface area contributed by atoms with Crippen LogP contribution in [0.5, 0.6) is 0 Å². The van der Waals surface area contributed by atoms with E-state index in [1.807, 2.05) is 25.1 Å². The van der Waals surface area contributed by atoms with Gasteiger partial charge in [0.15, 0.2) is 0 Å². The highest BCUT2D eigenvalue weighted by molar-refractivity contribution is 5.91. The van der Waals surface area contributed by atoms with E-state index >= 15 is 0 Å². The first-order chi connectivity index (χ1) is 10.9. The van der Waals surface area contributed by atoms with Gasteiger partial charge in [0.2, 0.25) is 5.76 Å². The van der Waals surface area contributed by atoms with Gasteiger partial charge in [-0.3, -0.25) is 4.79 Å². The fourth-order valence-corrected chi connectivity index (χ4v) is 3.25. The molecule has 0 bridgehead atoms. The molecule has 0 aromatic carbocycles. The fraction of sp³-hybridized carbons (Fsp3) is 0.588. The molecule has 0 spiro atoms. The van der Waals surface area contributed by atoms with Gasteiger partial charge in [-0.2, -0.15) is 0 Å². The number of likely N-dealkylation sites (tertiary alicyclic amines) is 1. The average Bonchev–Trinajstić information content (AvgIpc) is 3.17. The van der Waals surface area contributed by atoms with E-state index in [1.165, 1.54) is 0 Å². The first kappa shape index (κ1) is 15.8. The van der Waals surface area contributed by atoms with Crippen molar-refractivity contribution in [2.24, 2.45) is 13.0 Å². The van der Waals surface area contributed by atoms with Gasteiger partial charge >= 0.3 is 0 Å². The first-order valence-electron chi connectivity index (χ1n) is 8.18. The molecule has 3 rings (SSSR count). The molecule has 1 aliphatic heterocycles. The van der Waals surface area contributed by atoms with Gasteiger partial charge in [0.1, 0.15) is 5.82 Å². The Morgan fingerprint density at radius 2 is 2.26 bits per heavy atom. The van der Waals surface area contributed by atoms with Gasteiger partial charge in [0.25, 0.3) is 5.91 Å². The molecule has 0 unspecified atom stereocenters. The van der Waals surface area contributed by atoms with Crippen LogP contribution in [0.25, 0.3) is 0 Å². The number of imidazole rings is 1. The van der Waals surface area contributed by atoms with Crippen molar-refractivity contribution in [2.75, 3.05) is 13.1 Å². The first-order valence-corrected chi connectivity index (χ1v) is 8.18. The summed E-state index contributed by atoms with van der Waals surface area (Å²) in [4.78, 5) is 19.0. The monoisotopic (exact) mass is 316 g/mol. The number of aromatic nitrogens is 3. The number of rotatable bonds is 4. The molecular weight excluding hydrogens is 292 g/mol. The molecule has 1 fully saturated rings. The van der Waals surface area contributed by atoms with E-state index in [9.17, 15) is 4.79 Å².